The van der Waals surface area contributed by atoms with E-state index in [1.807, 2.05) is 32.4 Å². The molecule has 0 aliphatic carbocycles. The molecule has 30 heavy (non-hydrogen) atoms. The van der Waals surface area contributed by atoms with E-state index < -0.39 is 0 Å². The molecule has 0 saturated carbocycles. The fourth-order valence-corrected chi connectivity index (χ4v) is 4.76. The number of likely N-dealkylation sites (tertiary alicyclic amines) is 1. The number of H-pyrrole nitrogens is 1. The van der Waals surface area contributed by atoms with Crippen molar-refractivity contribution < 1.29 is 0 Å². The number of anilines is 1. The van der Waals surface area contributed by atoms with Crippen molar-refractivity contribution in [2.75, 3.05) is 25.0 Å². The van der Waals surface area contributed by atoms with Gasteiger partial charge in [0.25, 0.3) is 0 Å². The van der Waals surface area contributed by atoms with Gasteiger partial charge < -0.3 is 5.32 Å². The van der Waals surface area contributed by atoms with Crippen LogP contribution >= 0.6 is 11.8 Å². The zero-order valence-electron chi connectivity index (χ0n) is 17.9. The molecule has 1 atom stereocenters. The third-order valence-corrected chi connectivity index (χ3v) is 6.28. The Hall–Kier alpha value is -2.58. The largest absolute Gasteiger partial charge is 0.332 e. The van der Waals surface area contributed by atoms with E-state index in [1.54, 1.807) is 18.0 Å². The molecule has 4 heterocycles. The Balaban J connectivity index is 1.50. The topological polar surface area (TPSA) is 74.1 Å². The second-order valence-corrected chi connectivity index (χ2v) is 9.18. The van der Waals surface area contributed by atoms with Gasteiger partial charge in [0.2, 0.25) is 0 Å². The van der Waals surface area contributed by atoms with Gasteiger partial charge in [0.15, 0.2) is 11.5 Å². The zero-order valence-corrected chi connectivity index (χ0v) is 18.7. The average Bonchev–Trinajstić information content (AvgIpc) is 3.36. The summed E-state index contributed by atoms with van der Waals surface area (Å²) in [6.45, 7) is 13.9. The summed E-state index contributed by atoms with van der Waals surface area (Å²) in [6, 6.07) is 0. The van der Waals surface area contributed by atoms with E-state index in [2.05, 4.69) is 49.4 Å². The first-order valence-corrected chi connectivity index (χ1v) is 11.2. The van der Waals surface area contributed by atoms with Crippen molar-refractivity contribution in [3.63, 3.8) is 0 Å². The molecule has 0 bridgehead atoms. The second-order valence-electron chi connectivity index (χ2n) is 7.96. The van der Waals surface area contributed by atoms with Crippen LogP contribution in [-0.4, -0.2) is 49.1 Å². The van der Waals surface area contributed by atoms with Crippen molar-refractivity contribution >= 4 is 23.2 Å². The molecule has 2 N–H and O–H groups in total. The van der Waals surface area contributed by atoms with Gasteiger partial charge in [-0.15, -0.1) is 0 Å². The van der Waals surface area contributed by atoms with Crippen LogP contribution in [0.15, 0.2) is 47.4 Å². The molecule has 0 aromatic carbocycles. The predicted octanol–water partition coefficient (Wildman–Crippen LogP) is 4.68. The van der Waals surface area contributed by atoms with E-state index in [0.717, 1.165) is 63.9 Å². The van der Waals surface area contributed by atoms with Gasteiger partial charge in [-0.3, -0.25) is 14.4 Å². The van der Waals surface area contributed by atoms with Crippen LogP contribution in [0, 0.1) is 12.8 Å². The fourth-order valence-electron chi connectivity index (χ4n) is 3.94. The van der Waals surface area contributed by atoms with Crippen LogP contribution in [-0.2, 0) is 0 Å². The highest BCUT2D eigenvalue weighted by molar-refractivity contribution is 8.06. The molecule has 0 radical (unpaired) electrons. The van der Waals surface area contributed by atoms with Gasteiger partial charge in [-0.25, -0.2) is 9.97 Å². The van der Waals surface area contributed by atoms with Gasteiger partial charge in [0, 0.05) is 31.0 Å². The molecule has 0 spiro atoms. The number of hydrogen-bond acceptors (Lipinski definition) is 6. The SMILES string of the molecule is C=C(CN1CCCC(C)C1)S/C(=C\C)Nc1nc(C)cn2c(-c3cn[nH]c3)cnc12. The standard InChI is InChI=1S/C22H29N7S/c1-5-20(30-17(4)14-28-8-6-7-15(2)12-28)27-21-22-23-11-19(18-9-24-25-10-18)29(22)13-16(3)26-21/h5,9-11,13,15H,4,6-8,12,14H2,1-3H3,(H,24,25)(H,26,27)/b20-5-. The lowest BCUT2D eigenvalue weighted by molar-refractivity contribution is 0.200. The highest BCUT2D eigenvalue weighted by Gasteiger charge is 2.18. The molecule has 1 fully saturated rings. The maximum Gasteiger partial charge on any atom is 0.180 e. The van der Waals surface area contributed by atoms with E-state index >= 15 is 0 Å². The Morgan fingerprint density at radius 3 is 3.03 bits per heavy atom. The molecule has 1 unspecified atom stereocenters. The van der Waals surface area contributed by atoms with Gasteiger partial charge in [0.05, 0.1) is 28.8 Å². The molecule has 4 rings (SSSR count). The predicted molar refractivity (Wildman–Crippen MR) is 124 cm³/mol. The monoisotopic (exact) mass is 423 g/mol. The van der Waals surface area contributed by atoms with Crippen LogP contribution in [0.25, 0.3) is 16.9 Å². The summed E-state index contributed by atoms with van der Waals surface area (Å²) in [5, 5.41) is 11.4. The van der Waals surface area contributed by atoms with Crippen molar-refractivity contribution in [3.05, 3.63) is 53.1 Å². The summed E-state index contributed by atoms with van der Waals surface area (Å²) >= 11 is 1.68. The number of allylic oxidation sites excluding steroid dienone is 1. The Morgan fingerprint density at radius 1 is 1.43 bits per heavy atom. The first-order valence-electron chi connectivity index (χ1n) is 10.4. The highest BCUT2D eigenvalue weighted by atomic mass is 32.2. The lowest BCUT2D eigenvalue weighted by Gasteiger charge is -2.31. The van der Waals surface area contributed by atoms with Crippen molar-refractivity contribution in [2.45, 2.75) is 33.6 Å². The van der Waals surface area contributed by atoms with Gasteiger partial charge in [-0.1, -0.05) is 31.3 Å². The summed E-state index contributed by atoms with van der Waals surface area (Å²) < 4.78 is 2.05. The molecule has 3 aromatic heterocycles. The molecule has 1 aliphatic heterocycles. The lowest BCUT2D eigenvalue weighted by atomic mass is 10.0. The van der Waals surface area contributed by atoms with E-state index in [-0.39, 0.29) is 0 Å². The number of piperidine rings is 1. The minimum Gasteiger partial charge on any atom is -0.332 e. The average molecular weight is 424 g/mol. The number of thioether (sulfide) groups is 1. The van der Waals surface area contributed by atoms with Crippen LogP contribution in [0.1, 0.15) is 32.4 Å². The molecule has 7 nitrogen and oxygen atoms in total. The van der Waals surface area contributed by atoms with Crippen molar-refractivity contribution in [1.29, 1.82) is 0 Å². The molecule has 0 amide bonds. The van der Waals surface area contributed by atoms with Crippen LogP contribution in [0.3, 0.4) is 0 Å². The number of aryl methyl sites for hydroxylation is 1. The lowest BCUT2D eigenvalue weighted by Crippen LogP contribution is -2.35. The summed E-state index contributed by atoms with van der Waals surface area (Å²) in [4.78, 5) is 13.0. The molecule has 158 valence electrons. The van der Waals surface area contributed by atoms with E-state index in [9.17, 15) is 0 Å². The summed E-state index contributed by atoms with van der Waals surface area (Å²) in [6.07, 6.45) is 12.2. The number of rotatable bonds is 7. The Morgan fingerprint density at radius 2 is 2.30 bits per heavy atom. The van der Waals surface area contributed by atoms with Crippen molar-refractivity contribution in [3.8, 4) is 11.3 Å². The summed E-state index contributed by atoms with van der Waals surface area (Å²) in [5.41, 5.74) is 3.66. The Bertz CT molecular complexity index is 1050. The summed E-state index contributed by atoms with van der Waals surface area (Å²) in [7, 11) is 0. The number of nitrogens with zero attached hydrogens (tertiary/aromatic N) is 5. The third-order valence-electron chi connectivity index (χ3n) is 5.31. The third kappa shape index (κ3) is 4.60. The zero-order chi connectivity index (χ0) is 21.1. The highest BCUT2D eigenvalue weighted by Crippen LogP contribution is 2.30. The van der Waals surface area contributed by atoms with Crippen LogP contribution < -0.4 is 5.32 Å². The number of aromatic nitrogens is 5. The van der Waals surface area contributed by atoms with Gasteiger partial charge >= 0.3 is 0 Å². The van der Waals surface area contributed by atoms with E-state index in [1.165, 1.54) is 12.8 Å². The minimum atomic E-state index is 0.740. The fraction of sp³-hybridized carbons (Fsp3) is 0.409. The molecule has 8 heteroatoms. The quantitative estimate of drug-likeness (QED) is 0.575. The van der Waals surface area contributed by atoms with Gasteiger partial charge in [0.1, 0.15) is 0 Å². The van der Waals surface area contributed by atoms with Gasteiger partial charge in [-0.05, 0) is 44.1 Å². The molecular weight excluding hydrogens is 394 g/mol. The maximum absolute atomic E-state index is 4.70. The van der Waals surface area contributed by atoms with Crippen LogP contribution in [0.4, 0.5) is 5.82 Å². The van der Waals surface area contributed by atoms with Crippen LogP contribution in [0.2, 0.25) is 0 Å². The first kappa shape index (κ1) is 20.7. The first-order chi connectivity index (χ1) is 14.5. The molecular formula is C22H29N7S. The number of nitrogens with one attached hydrogen (secondary N) is 2. The molecule has 1 saturated heterocycles. The molecule has 3 aromatic rings. The number of imidazole rings is 1. The number of fused-ring (bicyclic) bond motifs is 1. The second kappa shape index (κ2) is 9.06. The van der Waals surface area contributed by atoms with Crippen molar-refractivity contribution in [2.24, 2.45) is 5.92 Å². The minimum absolute atomic E-state index is 0.740. The van der Waals surface area contributed by atoms with Crippen molar-refractivity contribution in [1.82, 2.24) is 29.5 Å². The van der Waals surface area contributed by atoms with Crippen LogP contribution in [0.5, 0.6) is 0 Å². The number of hydrogen-bond donors (Lipinski definition) is 2. The maximum atomic E-state index is 4.70. The van der Waals surface area contributed by atoms with E-state index in [0.29, 0.717) is 0 Å². The molecule has 1 aliphatic rings. The summed E-state index contributed by atoms with van der Waals surface area (Å²) in [5.74, 6) is 1.51. The number of aromatic amines is 1. The normalized spacial score (nSPS) is 18.1. The Labute approximate surface area is 181 Å². The smallest absolute Gasteiger partial charge is 0.180 e. The van der Waals surface area contributed by atoms with Gasteiger partial charge in [-0.2, -0.15) is 5.10 Å². The Kier molecular flexibility index (Phi) is 6.24. The van der Waals surface area contributed by atoms with E-state index in [4.69, 9.17) is 4.98 Å².